The van der Waals surface area contributed by atoms with E-state index in [1.54, 1.807) is 11.0 Å². The minimum atomic E-state index is -0.533. The first-order chi connectivity index (χ1) is 15.6. The maximum absolute atomic E-state index is 13.6. The molecule has 4 aromatic rings. The van der Waals surface area contributed by atoms with Crippen LogP contribution in [0.2, 0.25) is 0 Å². The zero-order valence-corrected chi connectivity index (χ0v) is 18.0. The van der Waals surface area contributed by atoms with Crippen LogP contribution >= 0.6 is 0 Å². The van der Waals surface area contributed by atoms with E-state index in [-0.39, 0.29) is 17.1 Å². The fourth-order valence-corrected chi connectivity index (χ4v) is 4.34. The summed E-state index contributed by atoms with van der Waals surface area (Å²) in [6, 6.07) is 22.2. The van der Waals surface area contributed by atoms with E-state index < -0.39 is 6.04 Å². The second-order valence-corrected chi connectivity index (χ2v) is 8.00. The number of carbonyl (C=O) groups excluding carboxylic acids is 1. The van der Waals surface area contributed by atoms with Crippen LogP contribution in [0.4, 0.5) is 0 Å². The Morgan fingerprint density at radius 3 is 2.44 bits per heavy atom. The lowest BCUT2D eigenvalue weighted by Gasteiger charge is -2.25. The van der Waals surface area contributed by atoms with Crippen molar-refractivity contribution in [2.75, 3.05) is 6.61 Å². The smallest absolute Gasteiger partial charge is 0.291 e. The molecule has 1 aliphatic rings. The average Bonchev–Trinajstić information content (AvgIpc) is 3.08. The van der Waals surface area contributed by atoms with Crippen LogP contribution in [0.3, 0.4) is 0 Å². The van der Waals surface area contributed by atoms with Crippen molar-refractivity contribution in [1.29, 1.82) is 0 Å². The molecule has 1 aliphatic heterocycles. The van der Waals surface area contributed by atoms with Gasteiger partial charge in [0.25, 0.3) is 5.91 Å². The summed E-state index contributed by atoms with van der Waals surface area (Å²) in [5.74, 6) is 0.597. The van der Waals surface area contributed by atoms with Gasteiger partial charge in [-0.1, -0.05) is 54.1 Å². The lowest BCUT2D eigenvalue weighted by molar-refractivity contribution is 0.0714. The van der Waals surface area contributed by atoms with E-state index in [0.29, 0.717) is 29.7 Å². The Bertz CT molecular complexity index is 1360. The Morgan fingerprint density at radius 1 is 0.969 bits per heavy atom. The maximum atomic E-state index is 13.6. The number of carbonyl (C=O) groups is 1. The SMILES string of the molecule is CCOc1ccc(C2c3c(oc4ccc(C)cc4c3=O)C(=O)N2Cc2ccccc2)cc1. The van der Waals surface area contributed by atoms with Gasteiger partial charge >= 0.3 is 0 Å². The molecule has 5 rings (SSSR count). The molecule has 0 aliphatic carbocycles. The van der Waals surface area contributed by atoms with Gasteiger partial charge in [0.15, 0.2) is 5.43 Å². The van der Waals surface area contributed by atoms with Gasteiger partial charge in [0.1, 0.15) is 11.3 Å². The highest BCUT2D eigenvalue weighted by molar-refractivity contribution is 5.99. The van der Waals surface area contributed by atoms with Gasteiger partial charge in [0.2, 0.25) is 5.76 Å². The van der Waals surface area contributed by atoms with Gasteiger partial charge in [-0.05, 0) is 49.2 Å². The second-order valence-electron chi connectivity index (χ2n) is 8.00. The van der Waals surface area contributed by atoms with Crippen LogP contribution in [0.1, 0.15) is 45.8 Å². The van der Waals surface area contributed by atoms with Crippen LogP contribution in [0, 0.1) is 6.92 Å². The van der Waals surface area contributed by atoms with Gasteiger partial charge in [-0.3, -0.25) is 9.59 Å². The number of fused-ring (bicyclic) bond motifs is 2. The third kappa shape index (κ3) is 3.36. The third-order valence-corrected chi connectivity index (χ3v) is 5.82. The van der Waals surface area contributed by atoms with Gasteiger partial charge in [0.05, 0.1) is 23.6 Å². The molecule has 1 unspecified atom stereocenters. The minimum Gasteiger partial charge on any atom is -0.494 e. The van der Waals surface area contributed by atoms with E-state index in [0.717, 1.165) is 22.4 Å². The molecule has 32 heavy (non-hydrogen) atoms. The molecule has 0 N–H and O–H groups in total. The van der Waals surface area contributed by atoms with Gasteiger partial charge in [-0.15, -0.1) is 0 Å². The van der Waals surface area contributed by atoms with E-state index in [1.807, 2.05) is 80.6 Å². The normalized spacial score (nSPS) is 15.2. The molecule has 0 saturated heterocycles. The maximum Gasteiger partial charge on any atom is 0.291 e. The summed E-state index contributed by atoms with van der Waals surface area (Å²) in [5, 5.41) is 0.494. The van der Waals surface area contributed by atoms with E-state index in [2.05, 4.69) is 0 Å². The molecule has 0 bridgehead atoms. The van der Waals surface area contributed by atoms with Crippen molar-refractivity contribution in [1.82, 2.24) is 4.90 Å². The summed E-state index contributed by atoms with van der Waals surface area (Å²) in [4.78, 5) is 28.8. The number of rotatable bonds is 5. The summed E-state index contributed by atoms with van der Waals surface area (Å²) >= 11 is 0. The lowest BCUT2D eigenvalue weighted by Crippen LogP contribution is -2.29. The van der Waals surface area contributed by atoms with Crippen molar-refractivity contribution < 1.29 is 13.9 Å². The topological polar surface area (TPSA) is 59.8 Å². The molecule has 2 heterocycles. The summed E-state index contributed by atoms with van der Waals surface area (Å²) in [5.41, 5.74) is 3.46. The minimum absolute atomic E-state index is 0.126. The Kier molecular flexibility index (Phi) is 5.02. The summed E-state index contributed by atoms with van der Waals surface area (Å²) in [7, 11) is 0. The monoisotopic (exact) mass is 425 g/mol. The molecule has 0 saturated carbocycles. The Hall–Kier alpha value is -3.86. The molecule has 0 radical (unpaired) electrons. The Labute approximate surface area is 185 Å². The van der Waals surface area contributed by atoms with E-state index >= 15 is 0 Å². The molecule has 5 heteroatoms. The van der Waals surface area contributed by atoms with Crippen LogP contribution in [0.25, 0.3) is 11.0 Å². The molecule has 1 amide bonds. The number of hydrogen-bond donors (Lipinski definition) is 0. The van der Waals surface area contributed by atoms with Gasteiger partial charge in [-0.2, -0.15) is 0 Å². The van der Waals surface area contributed by atoms with Crippen LogP contribution in [-0.2, 0) is 6.54 Å². The van der Waals surface area contributed by atoms with E-state index in [1.165, 1.54) is 0 Å². The van der Waals surface area contributed by atoms with Gasteiger partial charge < -0.3 is 14.1 Å². The van der Waals surface area contributed by atoms with Gasteiger partial charge in [0, 0.05) is 6.54 Å². The number of benzene rings is 3. The predicted octanol–water partition coefficient (Wildman–Crippen LogP) is 5.25. The van der Waals surface area contributed by atoms with Crippen molar-refractivity contribution in [3.05, 3.63) is 111 Å². The number of aryl methyl sites for hydroxylation is 1. The van der Waals surface area contributed by atoms with Crippen LogP contribution in [0.15, 0.2) is 82.0 Å². The summed E-state index contributed by atoms with van der Waals surface area (Å²) in [6.45, 7) is 4.80. The van der Waals surface area contributed by atoms with Crippen LogP contribution in [0.5, 0.6) is 5.75 Å². The molecule has 160 valence electrons. The molecule has 0 spiro atoms. The molecular weight excluding hydrogens is 402 g/mol. The zero-order valence-electron chi connectivity index (χ0n) is 18.0. The van der Waals surface area contributed by atoms with Crippen molar-refractivity contribution in [2.24, 2.45) is 0 Å². The number of hydrogen-bond acceptors (Lipinski definition) is 4. The predicted molar refractivity (Wildman–Crippen MR) is 123 cm³/mol. The molecule has 5 nitrogen and oxygen atoms in total. The van der Waals surface area contributed by atoms with Crippen molar-refractivity contribution >= 4 is 16.9 Å². The van der Waals surface area contributed by atoms with E-state index in [4.69, 9.17) is 9.15 Å². The Balaban J connectivity index is 1.69. The van der Waals surface area contributed by atoms with Gasteiger partial charge in [-0.25, -0.2) is 0 Å². The summed E-state index contributed by atoms with van der Waals surface area (Å²) in [6.07, 6.45) is 0. The quantitative estimate of drug-likeness (QED) is 0.438. The van der Waals surface area contributed by atoms with Crippen molar-refractivity contribution in [2.45, 2.75) is 26.4 Å². The largest absolute Gasteiger partial charge is 0.494 e. The highest BCUT2D eigenvalue weighted by atomic mass is 16.5. The van der Waals surface area contributed by atoms with Crippen LogP contribution < -0.4 is 10.2 Å². The molecule has 1 atom stereocenters. The van der Waals surface area contributed by atoms with Crippen LogP contribution in [-0.4, -0.2) is 17.4 Å². The molecule has 0 fully saturated rings. The number of nitrogens with zero attached hydrogens (tertiary/aromatic N) is 1. The number of ether oxygens (including phenoxy) is 1. The average molecular weight is 425 g/mol. The fraction of sp³-hybridized carbons (Fsp3) is 0.185. The lowest BCUT2D eigenvalue weighted by atomic mass is 9.98. The van der Waals surface area contributed by atoms with Crippen molar-refractivity contribution in [3.8, 4) is 5.75 Å². The first-order valence-electron chi connectivity index (χ1n) is 10.7. The molecule has 1 aromatic heterocycles. The highest BCUT2D eigenvalue weighted by Gasteiger charge is 2.42. The summed E-state index contributed by atoms with van der Waals surface area (Å²) < 4.78 is 11.6. The Morgan fingerprint density at radius 2 is 1.72 bits per heavy atom. The standard InChI is InChI=1S/C27H23NO4/c1-3-31-20-12-10-19(11-13-20)24-23-25(29)21-15-17(2)9-14-22(21)32-26(23)27(30)28(24)16-18-7-5-4-6-8-18/h4-15,24H,3,16H2,1-2H3. The molecular formula is C27H23NO4. The van der Waals surface area contributed by atoms with Crippen molar-refractivity contribution in [3.63, 3.8) is 0 Å². The first kappa shape index (κ1) is 20.1. The number of amides is 1. The molecule has 3 aromatic carbocycles. The fourth-order valence-electron chi connectivity index (χ4n) is 4.34. The zero-order chi connectivity index (χ0) is 22.2. The van der Waals surface area contributed by atoms with E-state index in [9.17, 15) is 9.59 Å². The first-order valence-corrected chi connectivity index (χ1v) is 10.7. The highest BCUT2D eigenvalue weighted by Crippen LogP contribution is 2.39. The third-order valence-electron chi connectivity index (χ3n) is 5.82. The second kappa shape index (κ2) is 8.00.